The van der Waals surface area contributed by atoms with Gasteiger partial charge in [0.15, 0.2) is 0 Å². The second-order valence-electron chi connectivity index (χ2n) is 7.75. The Kier molecular flexibility index (Phi) is 5.21. The number of hydrogen-bond acceptors (Lipinski definition) is 5. The maximum Gasteiger partial charge on any atom is 0.130 e. The molecule has 144 valence electrons. The molecule has 1 N–H and O–H groups in total. The lowest BCUT2D eigenvalue weighted by atomic mass is 9.80. The van der Waals surface area contributed by atoms with Gasteiger partial charge in [0.05, 0.1) is 12.2 Å². The van der Waals surface area contributed by atoms with Crippen molar-refractivity contribution in [3.8, 4) is 0 Å². The summed E-state index contributed by atoms with van der Waals surface area (Å²) < 4.78 is 18.3. The maximum atomic E-state index is 13.2. The summed E-state index contributed by atoms with van der Waals surface area (Å²) >= 11 is 0. The molecule has 1 unspecified atom stereocenters. The number of methoxy groups -OCH3 is 1. The van der Waals surface area contributed by atoms with Gasteiger partial charge < -0.3 is 9.84 Å². The zero-order chi connectivity index (χ0) is 18.9. The molecule has 0 saturated carbocycles. The zero-order valence-electron chi connectivity index (χ0n) is 15.6. The minimum Gasteiger partial charge on any atom is -0.385 e. The van der Waals surface area contributed by atoms with E-state index in [4.69, 9.17) is 4.74 Å². The molecule has 6 heteroatoms. The van der Waals surface area contributed by atoms with Gasteiger partial charge in [-0.15, -0.1) is 0 Å². The molecule has 2 aliphatic rings. The van der Waals surface area contributed by atoms with Crippen LogP contribution < -0.4 is 0 Å². The van der Waals surface area contributed by atoms with E-state index in [1.54, 1.807) is 19.2 Å². The largest absolute Gasteiger partial charge is 0.385 e. The molecule has 0 aliphatic carbocycles. The fourth-order valence-corrected chi connectivity index (χ4v) is 4.57. The molecule has 0 amide bonds. The molecule has 3 heterocycles. The van der Waals surface area contributed by atoms with Crippen molar-refractivity contribution in [1.82, 2.24) is 14.9 Å². The number of benzene rings is 1. The van der Waals surface area contributed by atoms with Gasteiger partial charge in [-0.2, -0.15) is 0 Å². The highest BCUT2D eigenvalue weighted by atomic mass is 19.1. The lowest BCUT2D eigenvalue weighted by Crippen LogP contribution is -2.49. The van der Waals surface area contributed by atoms with Gasteiger partial charge in [0.25, 0.3) is 0 Å². The first kappa shape index (κ1) is 18.5. The third-order valence-electron chi connectivity index (χ3n) is 5.95. The zero-order valence-corrected chi connectivity index (χ0v) is 15.6. The predicted octanol–water partition coefficient (Wildman–Crippen LogP) is 2.82. The molecule has 2 aromatic rings. The van der Waals surface area contributed by atoms with E-state index >= 15 is 0 Å². The minimum absolute atomic E-state index is 0.267. The summed E-state index contributed by atoms with van der Waals surface area (Å²) in [5, 5.41) is 11.2. The smallest absolute Gasteiger partial charge is 0.130 e. The van der Waals surface area contributed by atoms with Gasteiger partial charge >= 0.3 is 0 Å². The summed E-state index contributed by atoms with van der Waals surface area (Å²) in [5.41, 5.74) is 1.06. The second kappa shape index (κ2) is 7.62. The van der Waals surface area contributed by atoms with Crippen LogP contribution in [0.1, 0.15) is 42.6 Å². The Hall–Kier alpha value is -1.89. The fourth-order valence-electron chi connectivity index (χ4n) is 4.57. The van der Waals surface area contributed by atoms with Gasteiger partial charge in [0.1, 0.15) is 11.6 Å². The molecule has 0 radical (unpaired) electrons. The van der Waals surface area contributed by atoms with E-state index in [9.17, 15) is 9.50 Å². The minimum atomic E-state index is -0.865. The van der Waals surface area contributed by atoms with Crippen LogP contribution in [-0.4, -0.2) is 45.8 Å². The molecule has 2 fully saturated rings. The van der Waals surface area contributed by atoms with E-state index in [0.717, 1.165) is 42.8 Å². The monoisotopic (exact) mass is 371 g/mol. The van der Waals surface area contributed by atoms with Crippen LogP contribution >= 0.6 is 0 Å². The third kappa shape index (κ3) is 3.88. The van der Waals surface area contributed by atoms with Gasteiger partial charge in [-0.05, 0) is 43.4 Å². The van der Waals surface area contributed by atoms with Crippen LogP contribution in [0.15, 0.2) is 36.7 Å². The molecular weight excluding hydrogens is 345 g/mol. The number of halogens is 1. The highest BCUT2D eigenvalue weighted by Crippen LogP contribution is 2.46. The first-order valence-corrected chi connectivity index (χ1v) is 9.60. The third-order valence-corrected chi connectivity index (χ3v) is 5.95. The highest BCUT2D eigenvalue weighted by molar-refractivity contribution is 5.26. The molecule has 4 rings (SSSR count). The number of piperidine rings is 1. The van der Waals surface area contributed by atoms with Crippen molar-refractivity contribution >= 4 is 0 Å². The molecule has 27 heavy (non-hydrogen) atoms. The topological polar surface area (TPSA) is 58.5 Å². The summed E-state index contributed by atoms with van der Waals surface area (Å²) in [5.74, 6) is 0.532. The Bertz CT molecular complexity index is 752. The molecule has 2 bridgehead atoms. The van der Waals surface area contributed by atoms with Gasteiger partial charge in [-0.25, -0.2) is 14.4 Å². The normalized spacial score (nSPS) is 27.8. The lowest BCUT2D eigenvalue weighted by Gasteiger charge is -2.44. The van der Waals surface area contributed by atoms with Crippen molar-refractivity contribution in [3.05, 3.63) is 59.4 Å². The van der Waals surface area contributed by atoms with Crippen LogP contribution in [0.25, 0.3) is 0 Å². The highest BCUT2D eigenvalue weighted by Gasteiger charge is 2.48. The van der Waals surface area contributed by atoms with E-state index < -0.39 is 5.60 Å². The molecule has 3 atom stereocenters. The first-order chi connectivity index (χ1) is 13.1. The lowest BCUT2D eigenvalue weighted by molar-refractivity contribution is -0.0595. The summed E-state index contributed by atoms with van der Waals surface area (Å²) in [6.45, 7) is 1.43. The van der Waals surface area contributed by atoms with Crippen molar-refractivity contribution in [1.29, 1.82) is 0 Å². The Morgan fingerprint density at radius 3 is 2.37 bits per heavy atom. The van der Waals surface area contributed by atoms with Crippen molar-refractivity contribution in [3.63, 3.8) is 0 Å². The van der Waals surface area contributed by atoms with E-state index in [1.807, 2.05) is 12.4 Å². The van der Waals surface area contributed by atoms with Gasteiger partial charge in [0, 0.05) is 50.1 Å². The fraction of sp³-hybridized carbons (Fsp3) is 0.524. The van der Waals surface area contributed by atoms with Crippen molar-refractivity contribution < 1.29 is 14.2 Å². The summed E-state index contributed by atoms with van der Waals surface area (Å²) in [4.78, 5) is 11.3. The Balaban J connectivity index is 1.44. The van der Waals surface area contributed by atoms with Crippen molar-refractivity contribution in [2.75, 3.05) is 13.7 Å². The van der Waals surface area contributed by atoms with E-state index in [0.29, 0.717) is 31.5 Å². The number of fused-ring (bicyclic) bond motifs is 2. The molecule has 1 aromatic heterocycles. The second-order valence-corrected chi connectivity index (χ2v) is 7.75. The molecular formula is C21H26FN3O2. The van der Waals surface area contributed by atoms with Crippen LogP contribution in [0.5, 0.6) is 0 Å². The van der Waals surface area contributed by atoms with Crippen molar-refractivity contribution in [2.45, 2.75) is 56.3 Å². The average Bonchev–Trinajstić information content (AvgIpc) is 2.91. The predicted molar refractivity (Wildman–Crippen MR) is 99.5 cm³/mol. The summed E-state index contributed by atoms with van der Waals surface area (Å²) in [7, 11) is 1.67. The number of aliphatic hydroxyl groups is 1. The SMILES string of the molecule is COCCc1ncc(CN2[C@@H]3CC[C@H]2CC(O)(c2ccc(F)cc2)C3)cn1. The Morgan fingerprint density at radius 2 is 1.78 bits per heavy atom. The number of ether oxygens (including phenoxy) is 1. The molecule has 1 aromatic carbocycles. The Labute approximate surface area is 159 Å². The van der Waals surface area contributed by atoms with Gasteiger partial charge in [0.2, 0.25) is 0 Å². The number of nitrogens with zero attached hydrogens (tertiary/aromatic N) is 3. The number of hydrogen-bond donors (Lipinski definition) is 1. The van der Waals surface area contributed by atoms with E-state index in [1.165, 1.54) is 12.1 Å². The molecule has 0 spiro atoms. The quantitative estimate of drug-likeness (QED) is 0.846. The van der Waals surface area contributed by atoms with Crippen LogP contribution in [0.3, 0.4) is 0 Å². The van der Waals surface area contributed by atoms with Crippen LogP contribution in [0.4, 0.5) is 4.39 Å². The standard InChI is InChI=1S/C21H26FN3O2/c1-27-9-8-20-23-12-15(13-24-20)14-25-18-6-7-19(25)11-21(26,10-18)16-2-4-17(22)5-3-16/h2-5,12-13,18-19,26H,6-11,14H2,1H3/t18-,19+,21?. The first-order valence-electron chi connectivity index (χ1n) is 9.60. The van der Waals surface area contributed by atoms with Gasteiger partial charge in [-0.3, -0.25) is 4.90 Å². The number of rotatable bonds is 6. The van der Waals surface area contributed by atoms with Crippen LogP contribution in [0.2, 0.25) is 0 Å². The van der Waals surface area contributed by atoms with Crippen molar-refractivity contribution in [2.24, 2.45) is 0 Å². The number of aromatic nitrogens is 2. The van der Waals surface area contributed by atoms with E-state index in [-0.39, 0.29) is 5.82 Å². The van der Waals surface area contributed by atoms with E-state index in [2.05, 4.69) is 14.9 Å². The molecule has 2 aliphatic heterocycles. The average molecular weight is 371 g/mol. The molecule has 5 nitrogen and oxygen atoms in total. The summed E-state index contributed by atoms with van der Waals surface area (Å²) in [6, 6.07) is 6.96. The van der Waals surface area contributed by atoms with Crippen LogP contribution in [-0.2, 0) is 23.3 Å². The molecule has 2 saturated heterocycles. The van der Waals surface area contributed by atoms with Crippen LogP contribution in [0, 0.1) is 5.82 Å². The maximum absolute atomic E-state index is 13.2. The Morgan fingerprint density at radius 1 is 1.15 bits per heavy atom. The summed E-state index contributed by atoms with van der Waals surface area (Å²) in [6.07, 6.45) is 8.05. The van der Waals surface area contributed by atoms with Gasteiger partial charge in [-0.1, -0.05) is 12.1 Å².